The van der Waals surface area contributed by atoms with Crippen LogP contribution in [-0.4, -0.2) is 31.8 Å². The largest absolute Gasteiger partial charge is 0.494 e. The van der Waals surface area contributed by atoms with Crippen molar-refractivity contribution in [1.82, 2.24) is 4.31 Å². The van der Waals surface area contributed by atoms with Gasteiger partial charge in [-0.1, -0.05) is 30.3 Å². The summed E-state index contributed by atoms with van der Waals surface area (Å²) in [6.07, 6.45) is 0. The van der Waals surface area contributed by atoms with E-state index in [-0.39, 0.29) is 18.0 Å². The molecule has 24 heavy (non-hydrogen) atoms. The SMILES string of the molecule is CCOc1ccc(S(=O)(=O)N(CC(N)=O)Cc2ccccc2)cc1. The van der Waals surface area contributed by atoms with Gasteiger partial charge in [-0.15, -0.1) is 0 Å². The molecule has 0 spiro atoms. The van der Waals surface area contributed by atoms with Crippen LogP contribution in [0.25, 0.3) is 0 Å². The van der Waals surface area contributed by atoms with Crippen molar-refractivity contribution in [2.45, 2.75) is 18.4 Å². The highest BCUT2D eigenvalue weighted by Gasteiger charge is 2.26. The lowest BCUT2D eigenvalue weighted by Gasteiger charge is -2.21. The zero-order valence-electron chi connectivity index (χ0n) is 13.4. The molecule has 0 fully saturated rings. The summed E-state index contributed by atoms with van der Waals surface area (Å²) < 4.78 is 32.0. The zero-order chi connectivity index (χ0) is 17.6. The molecule has 0 radical (unpaired) electrons. The molecule has 7 heteroatoms. The van der Waals surface area contributed by atoms with E-state index in [1.165, 1.54) is 12.1 Å². The van der Waals surface area contributed by atoms with Crippen molar-refractivity contribution in [2.75, 3.05) is 13.2 Å². The van der Waals surface area contributed by atoms with E-state index in [9.17, 15) is 13.2 Å². The molecule has 128 valence electrons. The monoisotopic (exact) mass is 348 g/mol. The highest BCUT2D eigenvalue weighted by Crippen LogP contribution is 2.21. The molecular weight excluding hydrogens is 328 g/mol. The van der Waals surface area contributed by atoms with E-state index in [1.807, 2.05) is 13.0 Å². The number of sulfonamides is 1. The van der Waals surface area contributed by atoms with E-state index in [0.717, 1.165) is 9.87 Å². The predicted octanol–water partition coefficient (Wildman–Crippen LogP) is 1.76. The maximum absolute atomic E-state index is 12.8. The van der Waals surface area contributed by atoms with Crippen LogP contribution in [0.3, 0.4) is 0 Å². The molecule has 0 bridgehead atoms. The Morgan fingerprint density at radius 2 is 1.71 bits per heavy atom. The second kappa shape index (κ2) is 7.94. The first kappa shape index (κ1) is 18.0. The summed E-state index contributed by atoms with van der Waals surface area (Å²) in [5, 5.41) is 0. The smallest absolute Gasteiger partial charge is 0.243 e. The lowest BCUT2D eigenvalue weighted by atomic mass is 10.2. The van der Waals surface area contributed by atoms with Gasteiger partial charge in [-0.2, -0.15) is 4.31 Å². The third-order valence-electron chi connectivity index (χ3n) is 3.31. The van der Waals surface area contributed by atoms with Gasteiger partial charge in [0.15, 0.2) is 0 Å². The number of hydrogen-bond acceptors (Lipinski definition) is 4. The summed E-state index contributed by atoms with van der Waals surface area (Å²) in [5.74, 6) is -0.124. The normalized spacial score (nSPS) is 11.4. The van der Waals surface area contributed by atoms with Crippen molar-refractivity contribution in [3.05, 3.63) is 60.2 Å². The summed E-state index contributed by atoms with van der Waals surface area (Å²) >= 11 is 0. The van der Waals surface area contributed by atoms with Crippen LogP contribution in [0.1, 0.15) is 12.5 Å². The zero-order valence-corrected chi connectivity index (χ0v) is 14.2. The van der Waals surface area contributed by atoms with Gasteiger partial charge >= 0.3 is 0 Å². The Labute approximate surface area is 141 Å². The number of carbonyl (C=O) groups excluding carboxylic acids is 1. The van der Waals surface area contributed by atoms with Crippen LogP contribution in [0.5, 0.6) is 5.75 Å². The summed E-state index contributed by atoms with van der Waals surface area (Å²) in [6.45, 7) is 2.02. The average molecular weight is 348 g/mol. The molecule has 2 aromatic carbocycles. The minimum Gasteiger partial charge on any atom is -0.494 e. The van der Waals surface area contributed by atoms with Gasteiger partial charge in [0.2, 0.25) is 15.9 Å². The number of carbonyl (C=O) groups is 1. The van der Waals surface area contributed by atoms with E-state index in [0.29, 0.717) is 12.4 Å². The molecular formula is C17H20N2O4S. The Balaban J connectivity index is 2.30. The van der Waals surface area contributed by atoms with Gasteiger partial charge < -0.3 is 10.5 Å². The molecule has 0 aromatic heterocycles. The third kappa shape index (κ3) is 4.56. The second-order valence-corrected chi connectivity index (χ2v) is 7.07. The van der Waals surface area contributed by atoms with Crippen molar-refractivity contribution in [2.24, 2.45) is 5.73 Å². The molecule has 2 N–H and O–H groups in total. The number of benzene rings is 2. The minimum atomic E-state index is -3.85. The van der Waals surface area contributed by atoms with Gasteiger partial charge in [0.1, 0.15) is 5.75 Å². The Morgan fingerprint density at radius 3 is 2.25 bits per heavy atom. The number of ether oxygens (including phenoxy) is 1. The number of primary amides is 1. The Bertz CT molecular complexity index is 774. The summed E-state index contributed by atoms with van der Waals surface area (Å²) in [6, 6.07) is 15.1. The lowest BCUT2D eigenvalue weighted by molar-refractivity contribution is -0.118. The standard InChI is InChI=1S/C17H20N2O4S/c1-2-23-15-8-10-16(11-9-15)24(21,22)19(13-17(18)20)12-14-6-4-3-5-7-14/h3-11H,2,12-13H2,1H3,(H2,18,20). The Kier molecular flexibility index (Phi) is 5.94. The number of rotatable bonds is 8. The molecule has 0 aliphatic carbocycles. The predicted molar refractivity (Wildman–Crippen MR) is 90.8 cm³/mol. The maximum atomic E-state index is 12.8. The van der Waals surface area contributed by atoms with Crippen LogP contribution in [0.15, 0.2) is 59.5 Å². The molecule has 6 nitrogen and oxygen atoms in total. The first-order valence-electron chi connectivity index (χ1n) is 7.48. The molecule has 0 saturated carbocycles. The van der Waals surface area contributed by atoms with E-state index in [1.54, 1.807) is 36.4 Å². The fourth-order valence-corrected chi connectivity index (χ4v) is 3.60. The fourth-order valence-electron chi connectivity index (χ4n) is 2.21. The van der Waals surface area contributed by atoms with Crippen LogP contribution in [0.2, 0.25) is 0 Å². The summed E-state index contributed by atoms with van der Waals surface area (Å²) in [4.78, 5) is 11.4. The van der Waals surface area contributed by atoms with Crippen LogP contribution >= 0.6 is 0 Å². The average Bonchev–Trinajstić information content (AvgIpc) is 2.55. The Morgan fingerprint density at radius 1 is 1.08 bits per heavy atom. The fraction of sp³-hybridized carbons (Fsp3) is 0.235. The van der Waals surface area contributed by atoms with Gasteiger partial charge in [-0.25, -0.2) is 8.42 Å². The second-order valence-electron chi connectivity index (χ2n) is 5.13. The van der Waals surface area contributed by atoms with Gasteiger partial charge in [-0.05, 0) is 36.8 Å². The van der Waals surface area contributed by atoms with Crippen LogP contribution in [0.4, 0.5) is 0 Å². The van der Waals surface area contributed by atoms with Crippen molar-refractivity contribution in [3.8, 4) is 5.75 Å². The van der Waals surface area contributed by atoms with E-state index in [2.05, 4.69) is 0 Å². The molecule has 1 amide bonds. The van der Waals surface area contributed by atoms with E-state index < -0.39 is 15.9 Å². The highest BCUT2D eigenvalue weighted by atomic mass is 32.2. The first-order valence-corrected chi connectivity index (χ1v) is 8.92. The summed E-state index contributed by atoms with van der Waals surface area (Å²) in [7, 11) is -3.85. The van der Waals surface area contributed by atoms with Crippen molar-refractivity contribution in [1.29, 1.82) is 0 Å². The molecule has 0 atom stereocenters. The lowest BCUT2D eigenvalue weighted by Crippen LogP contribution is -2.37. The molecule has 2 aromatic rings. The van der Waals surface area contributed by atoms with Crippen LogP contribution in [-0.2, 0) is 21.4 Å². The number of nitrogens with zero attached hydrogens (tertiary/aromatic N) is 1. The third-order valence-corrected chi connectivity index (χ3v) is 5.11. The van der Waals surface area contributed by atoms with Gasteiger partial charge in [-0.3, -0.25) is 4.79 Å². The van der Waals surface area contributed by atoms with Crippen LogP contribution < -0.4 is 10.5 Å². The van der Waals surface area contributed by atoms with Crippen molar-refractivity contribution < 1.29 is 17.9 Å². The van der Waals surface area contributed by atoms with E-state index >= 15 is 0 Å². The molecule has 0 saturated heterocycles. The van der Waals surface area contributed by atoms with E-state index in [4.69, 9.17) is 10.5 Å². The quantitative estimate of drug-likeness (QED) is 0.787. The van der Waals surface area contributed by atoms with Crippen molar-refractivity contribution in [3.63, 3.8) is 0 Å². The van der Waals surface area contributed by atoms with Gasteiger partial charge in [0.25, 0.3) is 0 Å². The van der Waals surface area contributed by atoms with Gasteiger partial charge in [0, 0.05) is 6.54 Å². The number of nitrogens with two attached hydrogens (primary N) is 1. The minimum absolute atomic E-state index is 0.0688. The molecule has 0 heterocycles. The topological polar surface area (TPSA) is 89.7 Å². The van der Waals surface area contributed by atoms with Crippen molar-refractivity contribution >= 4 is 15.9 Å². The molecule has 0 aliphatic heterocycles. The Hall–Kier alpha value is -2.38. The van der Waals surface area contributed by atoms with Crippen LogP contribution in [0, 0.1) is 0 Å². The molecule has 0 aliphatic rings. The van der Waals surface area contributed by atoms with Gasteiger partial charge in [0.05, 0.1) is 18.0 Å². The number of amides is 1. The first-order chi connectivity index (χ1) is 11.4. The number of hydrogen-bond donors (Lipinski definition) is 1. The molecule has 2 rings (SSSR count). The summed E-state index contributed by atoms with van der Waals surface area (Å²) in [5.41, 5.74) is 5.99. The maximum Gasteiger partial charge on any atom is 0.243 e. The highest BCUT2D eigenvalue weighted by molar-refractivity contribution is 7.89. The molecule has 0 unspecified atom stereocenters.